The van der Waals surface area contributed by atoms with Crippen molar-refractivity contribution < 1.29 is 4.74 Å². The van der Waals surface area contributed by atoms with E-state index in [1.54, 1.807) is 7.11 Å². The van der Waals surface area contributed by atoms with Gasteiger partial charge in [0.2, 0.25) is 0 Å². The van der Waals surface area contributed by atoms with Crippen molar-refractivity contribution in [2.45, 2.75) is 25.4 Å². The number of hydrazone groups is 1. The molecule has 2 atom stereocenters. The quantitative estimate of drug-likeness (QED) is 0.855. The summed E-state index contributed by atoms with van der Waals surface area (Å²) in [5.74, 6) is 0.783. The largest absolute Gasteiger partial charge is 0.497 e. The molecule has 0 saturated heterocycles. The zero-order valence-electron chi connectivity index (χ0n) is 13.3. The molecule has 0 aromatic heterocycles. The standard InChI is InChI=1S/C19H19N3O/c1-14-12-18(15-6-4-3-5-7-15)22(21-14)19(13-20)16-8-10-17(23-2)11-9-16/h3-11,18-19H,12H2,1-2H3/t18-,19-/m0/s1. The van der Waals surface area contributed by atoms with E-state index in [-0.39, 0.29) is 6.04 Å². The molecule has 0 fully saturated rings. The van der Waals surface area contributed by atoms with Crippen LogP contribution in [0.4, 0.5) is 0 Å². The van der Waals surface area contributed by atoms with Crippen LogP contribution < -0.4 is 4.74 Å². The molecule has 1 aliphatic rings. The molecular weight excluding hydrogens is 286 g/mol. The molecule has 0 amide bonds. The van der Waals surface area contributed by atoms with Crippen LogP contribution in [0.2, 0.25) is 0 Å². The summed E-state index contributed by atoms with van der Waals surface area (Å²) in [6.45, 7) is 2.01. The van der Waals surface area contributed by atoms with Crippen LogP contribution in [0.1, 0.15) is 36.6 Å². The van der Waals surface area contributed by atoms with Crippen LogP contribution in [-0.4, -0.2) is 17.8 Å². The molecule has 1 aliphatic heterocycles. The number of ether oxygens (including phenoxy) is 1. The lowest BCUT2D eigenvalue weighted by Gasteiger charge is -2.28. The van der Waals surface area contributed by atoms with Crippen LogP contribution in [-0.2, 0) is 0 Å². The van der Waals surface area contributed by atoms with Crippen molar-refractivity contribution in [2.24, 2.45) is 5.10 Å². The molecule has 0 unspecified atom stereocenters. The number of rotatable bonds is 4. The van der Waals surface area contributed by atoms with E-state index >= 15 is 0 Å². The van der Waals surface area contributed by atoms with Crippen molar-refractivity contribution in [3.8, 4) is 11.8 Å². The maximum absolute atomic E-state index is 9.73. The van der Waals surface area contributed by atoms with Gasteiger partial charge in [-0.25, -0.2) is 0 Å². The van der Waals surface area contributed by atoms with E-state index in [2.05, 4.69) is 23.3 Å². The smallest absolute Gasteiger partial charge is 0.159 e. The third-order valence-corrected chi connectivity index (χ3v) is 4.10. The molecule has 0 saturated carbocycles. The number of methoxy groups -OCH3 is 1. The molecule has 116 valence electrons. The minimum atomic E-state index is -0.413. The predicted octanol–water partition coefficient (Wildman–Crippen LogP) is 4.08. The van der Waals surface area contributed by atoms with Crippen molar-refractivity contribution in [1.82, 2.24) is 5.01 Å². The molecule has 0 bridgehead atoms. The summed E-state index contributed by atoms with van der Waals surface area (Å²) < 4.78 is 5.19. The van der Waals surface area contributed by atoms with Gasteiger partial charge in [-0.15, -0.1) is 0 Å². The Bertz CT molecular complexity index is 731. The van der Waals surface area contributed by atoms with Gasteiger partial charge in [0.05, 0.1) is 19.2 Å². The molecule has 1 heterocycles. The number of hydrogen-bond donors (Lipinski definition) is 0. The Kier molecular flexibility index (Phi) is 4.29. The predicted molar refractivity (Wildman–Crippen MR) is 90.1 cm³/mol. The van der Waals surface area contributed by atoms with E-state index < -0.39 is 6.04 Å². The second-order valence-electron chi connectivity index (χ2n) is 5.65. The average molecular weight is 305 g/mol. The zero-order chi connectivity index (χ0) is 16.2. The minimum Gasteiger partial charge on any atom is -0.497 e. The highest BCUT2D eigenvalue weighted by Gasteiger charge is 2.32. The van der Waals surface area contributed by atoms with Gasteiger partial charge in [-0.05, 0) is 30.2 Å². The van der Waals surface area contributed by atoms with Crippen LogP contribution in [0.25, 0.3) is 0 Å². The highest BCUT2D eigenvalue weighted by molar-refractivity contribution is 5.84. The first-order chi connectivity index (χ1) is 11.2. The van der Waals surface area contributed by atoms with Crippen molar-refractivity contribution in [2.75, 3.05) is 7.11 Å². The number of nitrogens with zero attached hydrogens (tertiary/aromatic N) is 3. The van der Waals surface area contributed by atoms with Gasteiger partial charge in [0.15, 0.2) is 6.04 Å². The minimum absolute atomic E-state index is 0.1000. The maximum atomic E-state index is 9.73. The van der Waals surface area contributed by atoms with E-state index in [1.165, 1.54) is 5.56 Å². The summed E-state index contributed by atoms with van der Waals surface area (Å²) in [6, 6.07) is 19.9. The van der Waals surface area contributed by atoms with E-state index in [1.807, 2.05) is 54.4 Å². The number of nitriles is 1. The fourth-order valence-corrected chi connectivity index (χ4v) is 2.94. The van der Waals surface area contributed by atoms with Gasteiger partial charge in [0, 0.05) is 12.1 Å². The van der Waals surface area contributed by atoms with Gasteiger partial charge in [0.25, 0.3) is 0 Å². The highest BCUT2D eigenvalue weighted by Crippen LogP contribution is 2.37. The molecular formula is C19H19N3O. The summed E-state index contributed by atoms with van der Waals surface area (Å²) in [5.41, 5.74) is 3.15. The molecule has 2 aromatic carbocycles. The fraction of sp³-hybridized carbons (Fsp3) is 0.263. The molecule has 23 heavy (non-hydrogen) atoms. The van der Waals surface area contributed by atoms with Crippen molar-refractivity contribution >= 4 is 5.71 Å². The van der Waals surface area contributed by atoms with Crippen LogP contribution >= 0.6 is 0 Å². The summed E-state index contributed by atoms with van der Waals surface area (Å²) in [7, 11) is 1.64. The third-order valence-electron chi connectivity index (χ3n) is 4.10. The van der Waals surface area contributed by atoms with Gasteiger partial charge < -0.3 is 4.74 Å². The molecule has 2 aromatic rings. The molecule has 0 aliphatic carbocycles. The number of benzene rings is 2. The van der Waals surface area contributed by atoms with E-state index in [9.17, 15) is 5.26 Å². The lowest BCUT2D eigenvalue weighted by Crippen LogP contribution is -2.24. The molecule has 4 nitrogen and oxygen atoms in total. The van der Waals surface area contributed by atoms with E-state index in [0.717, 1.165) is 23.4 Å². The second kappa shape index (κ2) is 6.53. The van der Waals surface area contributed by atoms with Gasteiger partial charge in [-0.2, -0.15) is 10.4 Å². The zero-order valence-corrected chi connectivity index (χ0v) is 13.3. The molecule has 3 rings (SSSR count). The fourth-order valence-electron chi connectivity index (χ4n) is 2.94. The van der Waals surface area contributed by atoms with Gasteiger partial charge in [-0.1, -0.05) is 42.5 Å². The summed E-state index contributed by atoms with van der Waals surface area (Å²) in [6.07, 6.45) is 0.846. The Morgan fingerprint density at radius 2 is 1.87 bits per heavy atom. The molecule has 0 spiro atoms. The average Bonchev–Trinajstić information content (AvgIpc) is 2.98. The van der Waals surface area contributed by atoms with Gasteiger partial charge in [-0.3, -0.25) is 5.01 Å². The van der Waals surface area contributed by atoms with Crippen LogP contribution in [0.5, 0.6) is 5.75 Å². The van der Waals surface area contributed by atoms with Crippen molar-refractivity contribution in [3.05, 3.63) is 65.7 Å². The van der Waals surface area contributed by atoms with Crippen LogP contribution in [0.3, 0.4) is 0 Å². The topological polar surface area (TPSA) is 48.6 Å². The Labute approximate surface area is 136 Å². The Morgan fingerprint density at radius 1 is 1.17 bits per heavy atom. The molecule has 0 radical (unpaired) electrons. The van der Waals surface area contributed by atoms with Crippen molar-refractivity contribution in [3.63, 3.8) is 0 Å². The highest BCUT2D eigenvalue weighted by atomic mass is 16.5. The molecule has 4 heteroatoms. The first-order valence-electron chi connectivity index (χ1n) is 7.64. The monoisotopic (exact) mass is 305 g/mol. The van der Waals surface area contributed by atoms with E-state index in [4.69, 9.17) is 4.74 Å². The van der Waals surface area contributed by atoms with E-state index in [0.29, 0.717) is 0 Å². The lowest BCUT2D eigenvalue weighted by atomic mass is 9.99. The first-order valence-corrected chi connectivity index (χ1v) is 7.64. The summed E-state index contributed by atoms with van der Waals surface area (Å²) >= 11 is 0. The van der Waals surface area contributed by atoms with Crippen LogP contribution in [0, 0.1) is 11.3 Å². The van der Waals surface area contributed by atoms with Crippen molar-refractivity contribution in [1.29, 1.82) is 5.26 Å². The first kappa shape index (κ1) is 15.1. The Balaban J connectivity index is 1.93. The summed E-state index contributed by atoms with van der Waals surface area (Å²) in [5, 5.41) is 16.3. The second-order valence-corrected chi connectivity index (χ2v) is 5.65. The van der Waals surface area contributed by atoms with Gasteiger partial charge >= 0.3 is 0 Å². The normalized spacial score (nSPS) is 18.2. The SMILES string of the molecule is COc1ccc([C@H](C#N)N2N=C(C)C[C@H]2c2ccccc2)cc1. The third kappa shape index (κ3) is 3.04. The maximum Gasteiger partial charge on any atom is 0.159 e. The van der Waals surface area contributed by atoms with Crippen LogP contribution in [0.15, 0.2) is 59.7 Å². The Morgan fingerprint density at radius 3 is 2.48 bits per heavy atom. The summed E-state index contributed by atoms with van der Waals surface area (Å²) in [4.78, 5) is 0. The number of hydrogen-bond acceptors (Lipinski definition) is 4. The molecule has 0 N–H and O–H groups in total. The lowest BCUT2D eigenvalue weighted by molar-refractivity contribution is 0.196. The van der Waals surface area contributed by atoms with Gasteiger partial charge in [0.1, 0.15) is 5.75 Å². The Hall–Kier alpha value is -2.80.